The molecule has 1 aliphatic carbocycles. The monoisotopic (exact) mass is 347 g/mol. The molecule has 1 heterocycles. The maximum Gasteiger partial charge on any atom is 0.242 e. The van der Waals surface area contributed by atoms with Crippen LogP contribution in [-0.2, 0) is 11.3 Å². The molecule has 25 heavy (non-hydrogen) atoms. The predicted octanol–water partition coefficient (Wildman–Crippen LogP) is -0.0504. The Morgan fingerprint density at radius 3 is 2.84 bits per heavy atom. The van der Waals surface area contributed by atoms with Gasteiger partial charge in [0.2, 0.25) is 5.91 Å². The highest BCUT2D eigenvalue weighted by molar-refractivity contribution is 5.76. The third-order valence-electron chi connectivity index (χ3n) is 4.17. The van der Waals surface area contributed by atoms with E-state index in [1.54, 1.807) is 49.8 Å². The van der Waals surface area contributed by atoms with Crippen LogP contribution in [-0.4, -0.2) is 57.4 Å². The molecule has 2 aromatic rings. The second-order valence-electron chi connectivity index (χ2n) is 5.93. The molecule has 3 rings (SSSR count). The van der Waals surface area contributed by atoms with Crippen LogP contribution >= 0.6 is 0 Å². The lowest BCUT2D eigenvalue weighted by Crippen LogP contribution is -2.44. The summed E-state index contributed by atoms with van der Waals surface area (Å²) in [5, 5.41) is 27.1. The molecule has 0 saturated heterocycles. The summed E-state index contributed by atoms with van der Waals surface area (Å²) >= 11 is 0. The molecular formula is C17H21N3O5. The smallest absolute Gasteiger partial charge is 0.242 e. The number of amides is 1. The minimum absolute atomic E-state index is 0.0493. The molecule has 134 valence electrons. The van der Waals surface area contributed by atoms with Gasteiger partial charge in [0.25, 0.3) is 0 Å². The molecule has 0 aliphatic heterocycles. The van der Waals surface area contributed by atoms with Gasteiger partial charge in [0.05, 0.1) is 13.2 Å². The fourth-order valence-corrected chi connectivity index (χ4v) is 2.89. The van der Waals surface area contributed by atoms with E-state index in [-0.39, 0.29) is 12.5 Å². The number of carbonyl (C=O) groups excluding carboxylic acids is 1. The van der Waals surface area contributed by atoms with Gasteiger partial charge in [-0.2, -0.15) is 5.10 Å². The van der Waals surface area contributed by atoms with Crippen molar-refractivity contribution in [3.8, 4) is 11.5 Å². The number of methoxy groups -OCH3 is 1. The summed E-state index contributed by atoms with van der Waals surface area (Å²) in [5.74, 6) is 0.871. The largest absolute Gasteiger partial charge is 0.497 e. The molecule has 1 fully saturated rings. The number of nitrogens with one attached hydrogen (secondary N) is 1. The van der Waals surface area contributed by atoms with Crippen LogP contribution in [0.1, 0.15) is 6.42 Å². The van der Waals surface area contributed by atoms with Gasteiger partial charge in [-0.1, -0.05) is 6.07 Å². The van der Waals surface area contributed by atoms with Crippen molar-refractivity contribution in [2.75, 3.05) is 7.11 Å². The normalized spacial score (nSPS) is 25.6. The van der Waals surface area contributed by atoms with Crippen LogP contribution in [0.4, 0.5) is 0 Å². The van der Waals surface area contributed by atoms with Crippen LogP contribution in [0, 0.1) is 0 Å². The SMILES string of the molecule is COc1cccc(O[C@@H]2C[C@@H](NC(=O)Cn3cccn3)[C@H](O)[C@H]2O)c1. The Labute approximate surface area is 145 Å². The number of aromatic nitrogens is 2. The van der Waals surface area contributed by atoms with Crippen molar-refractivity contribution in [2.24, 2.45) is 0 Å². The molecule has 8 nitrogen and oxygen atoms in total. The molecule has 3 N–H and O–H groups in total. The second-order valence-corrected chi connectivity index (χ2v) is 5.93. The lowest BCUT2D eigenvalue weighted by atomic mass is 10.2. The summed E-state index contributed by atoms with van der Waals surface area (Å²) in [4.78, 5) is 12.0. The maximum atomic E-state index is 12.0. The molecule has 0 radical (unpaired) electrons. The Kier molecular flexibility index (Phi) is 5.20. The Hall–Kier alpha value is -2.58. The molecule has 1 aromatic carbocycles. The number of aliphatic hydroxyl groups is 2. The zero-order valence-electron chi connectivity index (χ0n) is 13.8. The number of hydrogen-bond donors (Lipinski definition) is 3. The quantitative estimate of drug-likeness (QED) is 0.677. The van der Waals surface area contributed by atoms with E-state index in [0.717, 1.165) is 0 Å². The number of aliphatic hydroxyl groups excluding tert-OH is 2. The van der Waals surface area contributed by atoms with Crippen LogP contribution in [0.3, 0.4) is 0 Å². The molecule has 1 aliphatic rings. The summed E-state index contributed by atoms with van der Waals surface area (Å²) in [5.41, 5.74) is 0. The van der Waals surface area contributed by atoms with Crippen LogP contribution in [0.25, 0.3) is 0 Å². The van der Waals surface area contributed by atoms with Gasteiger partial charge in [0, 0.05) is 24.9 Å². The molecule has 1 amide bonds. The zero-order valence-corrected chi connectivity index (χ0v) is 13.8. The number of carbonyl (C=O) groups is 1. The minimum atomic E-state index is -1.10. The van der Waals surface area contributed by atoms with Gasteiger partial charge < -0.3 is 25.0 Å². The molecule has 1 aromatic heterocycles. The minimum Gasteiger partial charge on any atom is -0.497 e. The average Bonchev–Trinajstić information content (AvgIpc) is 3.20. The van der Waals surface area contributed by atoms with Crippen molar-refractivity contribution in [1.29, 1.82) is 0 Å². The third kappa shape index (κ3) is 4.09. The maximum absolute atomic E-state index is 12.0. The molecular weight excluding hydrogens is 326 g/mol. The van der Waals surface area contributed by atoms with Gasteiger partial charge in [-0.25, -0.2) is 0 Å². The van der Waals surface area contributed by atoms with Crippen molar-refractivity contribution in [3.05, 3.63) is 42.7 Å². The number of nitrogens with zero attached hydrogens (tertiary/aromatic N) is 2. The van der Waals surface area contributed by atoms with E-state index < -0.39 is 24.4 Å². The Morgan fingerprint density at radius 2 is 2.12 bits per heavy atom. The number of rotatable bonds is 6. The summed E-state index contributed by atoms with van der Waals surface area (Å²) in [6.07, 6.45) is 0.730. The first-order valence-electron chi connectivity index (χ1n) is 8.00. The van der Waals surface area contributed by atoms with Crippen molar-refractivity contribution in [3.63, 3.8) is 0 Å². The van der Waals surface area contributed by atoms with Gasteiger partial charge in [-0.15, -0.1) is 0 Å². The van der Waals surface area contributed by atoms with Crippen LogP contribution < -0.4 is 14.8 Å². The summed E-state index contributed by atoms with van der Waals surface area (Å²) in [6.45, 7) is 0.0493. The summed E-state index contributed by atoms with van der Waals surface area (Å²) in [6, 6.07) is 8.13. The van der Waals surface area contributed by atoms with Crippen LogP contribution in [0.2, 0.25) is 0 Å². The zero-order chi connectivity index (χ0) is 17.8. The van der Waals surface area contributed by atoms with Crippen LogP contribution in [0.5, 0.6) is 11.5 Å². The highest BCUT2D eigenvalue weighted by atomic mass is 16.5. The third-order valence-corrected chi connectivity index (χ3v) is 4.17. The molecule has 0 spiro atoms. The Bertz CT molecular complexity index is 706. The van der Waals surface area contributed by atoms with Crippen molar-refractivity contribution in [1.82, 2.24) is 15.1 Å². The van der Waals surface area contributed by atoms with E-state index in [4.69, 9.17) is 9.47 Å². The first-order chi connectivity index (χ1) is 12.1. The molecule has 0 bridgehead atoms. The van der Waals surface area contributed by atoms with E-state index in [9.17, 15) is 15.0 Å². The lowest BCUT2D eigenvalue weighted by molar-refractivity contribution is -0.123. The van der Waals surface area contributed by atoms with Gasteiger partial charge >= 0.3 is 0 Å². The molecule has 1 saturated carbocycles. The summed E-state index contributed by atoms with van der Waals surface area (Å²) < 4.78 is 12.4. The first-order valence-corrected chi connectivity index (χ1v) is 8.00. The molecule has 8 heteroatoms. The standard InChI is InChI=1S/C17H21N3O5/c1-24-11-4-2-5-12(8-11)25-14-9-13(16(22)17(14)23)19-15(21)10-20-7-3-6-18-20/h2-8,13-14,16-17,22-23H,9-10H2,1H3,(H,19,21)/t13-,14-,16+,17+/m1/s1. The van der Waals surface area contributed by atoms with E-state index >= 15 is 0 Å². The van der Waals surface area contributed by atoms with Gasteiger partial charge in [0.1, 0.15) is 36.4 Å². The lowest BCUT2D eigenvalue weighted by Gasteiger charge is -2.18. The van der Waals surface area contributed by atoms with Crippen LogP contribution in [0.15, 0.2) is 42.7 Å². The van der Waals surface area contributed by atoms with E-state index in [0.29, 0.717) is 17.9 Å². The fraction of sp³-hybridized carbons (Fsp3) is 0.412. The average molecular weight is 347 g/mol. The van der Waals surface area contributed by atoms with Crippen molar-refractivity contribution >= 4 is 5.91 Å². The number of benzene rings is 1. The predicted molar refractivity (Wildman–Crippen MR) is 88.2 cm³/mol. The second kappa shape index (κ2) is 7.54. The van der Waals surface area contributed by atoms with Crippen molar-refractivity contribution < 1.29 is 24.5 Å². The topological polar surface area (TPSA) is 106 Å². The van der Waals surface area contributed by atoms with Gasteiger partial charge in [-0.05, 0) is 18.2 Å². The molecule has 0 unspecified atom stereocenters. The summed E-state index contributed by atoms with van der Waals surface area (Å²) in [7, 11) is 1.55. The van der Waals surface area contributed by atoms with E-state index in [1.807, 2.05) is 0 Å². The van der Waals surface area contributed by atoms with Gasteiger partial charge in [0.15, 0.2) is 0 Å². The van der Waals surface area contributed by atoms with E-state index in [1.165, 1.54) is 4.68 Å². The van der Waals surface area contributed by atoms with Crippen molar-refractivity contribution in [2.45, 2.75) is 37.3 Å². The number of ether oxygens (including phenoxy) is 2. The first kappa shape index (κ1) is 17.2. The Balaban J connectivity index is 1.59. The Morgan fingerprint density at radius 1 is 1.32 bits per heavy atom. The fourth-order valence-electron chi connectivity index (χ4n) is 2.89. The highest BCUT2D eigenvalue weighted by Gasteiger charge is 2.43. The number of hydrogen-bond acceptors (Lipinski definition) is 6. The van der Waals surface area contributed by atoms with E-state index in [2.05, 4.69) is 10.4 Å². The molecule has 4 atom stereocenters. The highest BCUT2D eigenvalue weighted by Crippen LogP contribution is 2.27. The van der Waals surface area contributed by atoms with Gasteiger partial charge in [-0.3, -0.25) is 9.48 Å².